The second-order valence-electron chi connectivity index (χ2n) is 8.22. The van der Waals surface area contributed by atoms with Gasteiger partial charge in [0, 0.05) is 16.9 Å². The average molecular weight is 487 g/mol. The fourth-order valence-corrected chi connectivity index (χ4v) is 4.57. The van der Waals surface area contributed by atoms with E-state index in [2.05, 4.69) is 10.5 Å². The number of halogens is 1. The Kier molecular flexibility index (Phi) is 6.05. The summed E-state index contributed by atoms with van der Waals surface area (Å²) in [5, 5.41) is 8.16. The van der Waals surface area contributed by atoms with Crippen LogP contribution in [-0.4, -0.2) is 22.4 Å². The standard InChI is InChI=1S/C27H23FN4O2S/c1-16-14-20(12-13-22(16)28)32-17(2)23(24(29-27(32)35)18-8-5-4-6-9-18)26-30-25(31-34-26)19-10-7-11-21(15-19)33-3/h4-15,24H,1-3H3,(H,29,35). The van der Waals surface area contributed by atoms with E-state index in [1.54, 1.807) is 26.2 Å². The van der Waals surface area contributed by atoms with Crippen molar-refractivity contribution in [2.24, 2.45) is 0 Å². The summed E-state index contributed by atoms with van der Waals surface area (Å²) in [4.78, 5) is 6.60. The molecular weight excluding hydrogens is 463 g/mol. The number of thiocarbonyl (C=S) groups is 1. The number of anilines is 1. The highest BCUT2D eigenvalue weighted by Crippen LogP contribution is 2.39. The van der Waals surface area contributed by atoms with Gasteiger partial charge in [0.15, 0.2) is 5.11 Å². The molecule has 35 heavy (non-hydrogen) atoms. The third kappa shape index (κ3) is 4.28. The van der Waals surface area contributed by atoms with Gasteiger partial charge < -0.3 is 14.6 Å². The van der Waals surface area contributed by atoms with E-state index in [-0.39, 0.29) is 11.9 Å². The largest absolute Gasteiger partial charge is 0.497 e. The van der Waals surface area contributed by atoms with Crippen LogP contribution in [-0.2, 0) is 0 Å². The smallest absolute Gasteiger partial charge is 0.258 e. The predicted molar refractivity (Wildman–Crippen MR) is 137 cm³/mol. The van der Waals surface area contributed by atoms with E-state index in [9.17, 15) is 4.39 Å². The predicted octanol–water partition coefficient (Wildman–Crippen LogP) is 6.06. The van der Waals surface area contributed by atoms with Gasteiger partial charge in [-0.2, -0.15) is 4.98 Å². The number of benzene rings is 3. The molecule has 0 fully saturated rings. The van der Waals surface area contributed by atoms with Crippen LogP contribution in [0.2, 0.25) is 0 Å². The highest BCUT2D eigenvalue weighted by atomic mass is 32.1. The number of allylic oxidation sites excluding steroid dienone is 1. The fraction of sp³-hybridized carbons (Fsp3) is 0.148. The lowest BCUT2D eigenvalue weighted by Gasteiger charge is -2.37. The zero-order valence-electron chi connectivity index (χ0n) is 19.4. The van der Waals surface area contributed by atoms with Crippen molar-refractivity contribution in [3.8, 4) is 17.1 Å². The zero-order chi connectivity index (χ0) is 24.5. The highest BCUT2D eigenvalue weighted by Gasteiger charge is 2.34. The van der Waals surface area contributed by atoms with Crippen LogP contribution in [0, 0.1) is 12.7 Å². The van der Waals surface area contributed by atoms with Gasteiger partial charge in [0.2, 0.25) is 5.82 Å². The van der Waals surface area contributed by atoms with E-state index in [0.717, 1.165) is 28.1 Å². The van der Waals surface area contributed by atoms with Gasteiger partial charge in [-0.1, -0.05) is 47.6 Å². The molecule has 1 unspecified atom stereocenters. The fourth-order valence-electron chi connectivity index (χ4n) is 4.21. The van der Waals surface area contributed by atoms with Gasteiger partial charge in [-0.05, 0) is 67.5 Å². The first-order valence-electron chi connectivity index (χ1n) is 11.1. The molecule has 6 nitrogen and oxygen atoms in total. The monoisotopic (exact) mass is 486 g/mol. The summed E-state index contributed by atoms with van der Waals surface area (Å²) < 4.78 is 25.1. The Morgan fingerprint density at radius 2 is 1.83 bits per heavy atom. The number of aryl methyl sites for hydroxylation is 1. The van der Waals surface area contributed by atoms with Crippen LogP contribution >= 0.6 is 12.2 Å². The summed E-state index contributed by atoms with van der Waals surface area (Å²) in [6, 6.07) is 22.0. The first kappa shape index (κ1) is 22.7. The van der Waals surface area contributed by atoms with Crippen LogP contribution in [0.15, 0.2) is 83.0 Å². The van der Waals surface area contributed by atoms with Crippen LogP contribution in [0.4, 0.5) is 10.1 Å². The van der Waals surface area contributed by atoms with Crippen LogP contribution < -0.4 is 15.0 Å². The third-order valence-corrected chi connectivity index (χ3v) is 6.30. The molecule has 2 heterocycles. The second-order valence-corrected chi connectivity index (χ2v) is 8.60. The maximum Gasteiger partial charge on any atom is 0.258 e. The SMILES string of the molecule is COc1cccc(-c2noc(C3=C(C)N(c4ccc(F)c(C)c4)C(=S)NC3c3ccccc3)n2)c1. The topological polar surface area (TPSA) is 63.4 Å². The molecule has 0 radical (unpaired) electrons. The van der Waals surface area contributed by atoms with Crippen LogP contribution in [0.1, 0.15) is 30.0 Å². The number of hydrogen-bond acceptors (Lipinski definition) is 5. The second kappa shape index (κ2) is 9.31. The highest BCUT2D eigenvalue weighted by molar-refractivity contribution is 7.80. The lowest BCUT2D eigenvalue weighted by molar-refractivity contribution is 0.403. The molecule has 1 atom stereocenters. The number of methoxy groups -OCH3 is 1. The average Bonchev–Trinajstić information content (AvgIpc) is 3.36. The van der Waals surface area contributed by atoms with E-state index in [4.69, 9.17) is 26.5 Å². The van der Waals surface area contributed by atoms with Gasteiger partial charge in [-0.25, -0.2) is 4.39 Å². The van der Waals surface area contributed by atoms with Crippen LogP contribution in [0.3, 0.4) is 0 Å². The first-order valence-corrected chi connectivity index (χ1v) is 11.5. The summed E-state index contributed by atoms with van der Waals surface area (Å²) >= 11 is 5.76. The minimum Gasteiger partial charge on any atom is -0.497 e. The molecule has 0 saturated heterocycles. The number of nitrogens with zero attached hydrogens (tertiary/aromatic N) is 3. The van der Waals surface area contributed by atoms with Crippen molar-refractivity contribution in [2.75, 3.05) is 12.0 Å². The molecule has 0 amide bonds. The summed E-state index contributed by atoms with van der Waals surface area (Å²) in [5.74, 6) is 1.25. The number of hydrogen-bond donors (Lipinski definition) is 1. The van der Waals surface area contributed by atoms with Crippen molar-refractivity contribution < 1.29 is 13.7 Å². The number of ether oxygens (including phenoxy) is 1. The summed E-state index contributed by atoms with van der Waals surface area (Å²) in [6.45, 7) is 3.68. The molecule has 5 rings (SSSR count). The maximum atomic E-state index is 14.0. The molecule has 176 valence electrons. The summed E-state index contributed by atoms with van der Waals surface area (Å²) in [6.07, 6.45) is 0. The molecule has 3 aromatic carbocycles. The Morgan fingerprint density at radius 3 is 2.57 bits per heavy atom. The van der Waals surface area contributed by atoms with Gasteiger partial charge in [0.1, 0.15) is 11.6 Å². The van der Waals surface area contributed by atoms with Crippen molar-refractivity contribution in [1.29, 1.82) is 0 Å². The van der Waals surface area contributed by atoms with Crippen molar-refractivity contribution >= 4 is 28.6 Å². The molecule has 1 aliphatic rings. The van der Waals surface area contributed by atoms with Gasteiger partial charge in [0.05, 0.1) is 18.7 Å². The molecule has 8 heteroatoms. The molecular formula is C27H23FN4O2S. The number of rotatable bonds is 5. The van der Waals surface area contributed by atoms with E-state index >= 15 is 0 Å². The van der Waals surface area contributed by atoms with Crippen molar-refractivity contribution in [3.63, 3.8) is 0 Å². The molecule has 0 saturated carbocycles. The lowest BCUT2D eigenvalue weighted by atomic mass is 9.94. The normalized spacial score (nSPS) is 15.8. The Bertz CT molecular complexity index is 1430. The Balaban J connectivity index is 1.65. The lowest BCUT2D eigenvalue weighted by Crippen LogP contribution is -2.46. The molecule has 4 aromatic rings. The zero-order valence-corrected chi connectivity index (χ0v) is 20.3. The number of aromatic nitrogens is 2. The van der Waals surface area contributed by atoms with E-state index < -0.39 is 0 Å². The Morgan fingerprint density at radius 1 is 1.03 bits per heavy atom. The minimum atomic E-state index is -0.305. The van der Waals surface area contributed by atoms with Gasteiger partial charge in [-0.3, -0.25) is 4.90 Å². The van der Waals surface area contributed by atoms with E-state index in [0.29, 0.717) is 28.1 Å². The Labute approximate surface area is 208 Å². The molecule has 1 aromatic heterocycles. The van der Waals surface area contributed by atoms with Crippen LogP contribution in [0.5, 0.6) is 5.75 Å². The van der Waals surface area contributed by atoms with Crippen molar-refractivity contribution in [3.05, 3.63) is 101 Å². The van der Waals surface area contributed by atoms with E-state index in [1.807, 2.05) is 66.4 Å². The van der Waals surface area contributed by atoms with Crippen LogP contribution in [0.25, 0.3) is 17.0 Å². The molecule has 0 bridgehead atoms. The van der Waals surface area contributed by atoms with Gasteiger partial charge in [-0.15, -0.1) is 0 Å². The maximum absolute atomic E-state index is 14.0. The molecule has 0 aliphatic carbocycles. The van der Waals surface area contributed by atoms with Crippen molar-refractivity contribution in [2.45, 2.75) is 19.9 Å². The summed E-state index contributed by atoms with van der Waals surface area (Å²) in [5.41, 5.74) is 4.65. The third-order valence-electron chi connectivity index (χ3n) is 6.00. The quantitative estimate of drug-likeness (QED) is 0.344. The van der Waals surface area contributed by atoms with Crippen molar-refractivity contribution in [1.82, 2.24) is 15.5 Å². The van der Waals surface area contributed by atoms with E-state index in [1.165, 1.54) is 6.07 Å². The Hall–Kier alpha value is -4.04. The molecule has 1 N–H and O–H groups in total. The molecule has 1 aliphatic heterocycles. The minimum absolute atomic E-state index is 0.270. The molecule has 0 spiro atoms. The first-order chi connectivity index (χ1) is 17.0. The van der Waals surface area contributed by atoms with Gasteiger partial charge in [0.25, 0.3) is 5.89 Å². The summed E-state index contributed by atoms with van der Waals surface area (Å²) in [7, 11) is 1.61. The number of nitrogens with one attached hydrogen (secondary N) is 1. The van der Waals surface area contributed by atoms with Gasteiger partial charge >= 0.3 is 0 Å².